The molecular weight excluding hydrogens is 270 g/mol. The van der Waals surface area contributed by atoms with Gasteiger partial charge in [-0.05, 0) is 32.0 Å². The van der Waals surface area contributed by atoms with Crippen molar-refractivity contribution in [1.82, 2.24) is 0 Å². The molecule has 1 aliphatic heterocycles. The van der Waals surface area contributed by atoms with Gasteiger partial charge in [0.25, 0.3) is 0 Å². The second-order valence-corrected chi connectivity index (χ2v) is 5.56. The minimum absolute atomic E-state index is 0.0774. The first kappa shape index (κ1) is 11.5. The van der Waals surface area contributed by atoms with Gasteiger partial charge >= 0.3 is 0 Å². The van der Waals surface area contributed by atoms with Crippen LogP contribution in [0.2, 0.25) is 0 Å². The minimum atomic E-state index is -0.486. The lowest BCUT2D eigenvalue weighted by atomic mass is 9.93. The summed E-state index contributed by atoms with van der Waals surface area (Å²) in [5.74, 6) is 0.823. The van der Waals surface area contributed by atoms with Gasteiger partial charge in [0.15, 0.2) is 0 Å². The van der Waals surface area contributed by atoms with E-state index >= 15 is 0 Å². The van der Waals surface area contributed by atoms with Gasteiger partial charge in [-0.15, -0.1) is 0 Å². The van der Waals surface area contributed by atoms with Crippen molar-refractivity contribution in [1.29, 1.82) is 0 Å². The molecular formula is C12H14BrNO2. The molecule has 1 aromatic carbocycles. The number of carbonyl (C=O) groups excluding carboxylic acids is 1. The Hall–Kier alpha value is -1.03. The fraction of sp³-hybridized carbons (Fsp3) is 0.417. The molecule has 1 aliphatic rings. The van der Waals surface area contributed by atoms with Gasteiger partial charge in [0.1, 0.15) is 12.4 Å². The Morgan fingerprint density at radius 1 is 1.44 bits per heavy atom. The number of carbonyl (C=O) groups is 1. The van der Waals surface area contributed by atoms with Gasteiger partial charge in [-0.2, -0.15) is 0 Å². The summed E-state index contributed by atoms with van der Waals surface area (Å²) in [7, 11) is 1.78. The number of hydrogen-bond acceptors (Lipinski definition) is 2. The third kappa shape index (κ3) is 1.82. The highest BCUT2D eigenvalue weighted by molar-refractivity contribution is 9.10. The van der Waals surface area contributed by atoms with E-state index in [2.05, 4.69) is 15.9 Å². The first-order chi connectivity index (χ1) is 7.42. The number of anilines is 1. The van der Waals surface area contributed by atoms with Crippen LogP contribution in [-0.4, -0.2) is 19.6 Å². The lowest BCUT2D eigenvalue weighted by molar-refractivity contribution is -0.127. The Labute approximate surface area is 104 Å². The van der Waals surface area contributed by atoms with E-state index in [4.69, 9.17) is 4.74 Å². The van der Waals surface area contributed by atoms with E-state index in [1.165, 1.54) is 0 Å². The van der Waals surface area contributed by atoms with Crippen LogP contribution in [0, 0.1) is 5.41 Å². The maximum atomic E-state index is 12.1. The fourth-order valence-electron chi connectivity index (χ4n) is 1.76. The molecule has 0 atom stereocenters. The van der Waals surface area contributed by atoms with Crippen molar-refractivity contribution in [2.75, 3.05) is 18.6 Å². The number of nitrogens with zero attached hydrogens (tertiary/aromatic N) is 1. The quantitative estimate of drug-likeness (QED) is 0.733. The average Bonchev–Trinajstić information content (AvgIpc) is 2.31. The number of hydrogen-bond donors (Lipinski definition) is 0. The summed E-state index contributed by atoms with van der Waals surface area (Å²) in [6, 6.07) is 5.68. The number of halogens is 1. The molecule has 1 aromatic rings. The van der Waals surface area contributed by atoms with Crippen molar-refractivity contribution >= 4 is 27.5 Å². The van der Waals surface area contributed by atoms with Crippen LogP contribution < -0.4 is 9.64 Å². The zero-order valence-corrected chi connectivity index (χ0v) is 11.2. The van der Waals surface area contributed by atoms with Gasteiger partial charge in [-0.1, -0.05) is 15.9 Å². The van der Waals surface area contributed by atoms with Crippen LogP contribution in [0.4, 0.5) is 5.69 Å². The Balaban J connectivity index is 2.50. The van der Waals surface area contributed by atoms with Crippen molar-refractivity contribution in [3.05, 3.63) is 22.7 Å². The van der Waals surface area contributed by atoms with Crippen molar-refractivity contribution < 1.29 is 9.53 Å². The topological polar surface area (TPSA) is 29.5 Å². The van der Waals surface area contributed by atoms with Gasteiger partial charge in [0.05, 0.1) is 11.1 Å². The van der Waals surface area contributed by atoms with Crippen molar-refractivity contribution in [2.45, 2.75) is 13.8 Å². The van der Waals surface area contributed by atoms with Crippen LogP contribution in [0.3, 0.4) is 0 Å². The van der Waals surface area contributed by atoms with Gasteiger partial charge in [0, 0.05) is 11.5 Å². The predicted molar refractivity (Wildman–Crippen MR) is 66.8 cm³/mol. The summed E-state index contributed by atoms with van der Waals surface area (Å²) in [6.45, 7) is 4.19. The average molecular weight is 284 g/mol. The summed E-state index contributed by atoms with van der Waals surface area (Å²) in [5, 5.41) is 0. The fourth-order valence-corrected chi connectivity index (χ4v) is 2.10. The smallest absolute Gasteiger partial charge is 0.235 e. The Morgan fingerprint density at radius 3 is 2.81 bits per heavy atom. The highest BCUT2D eigenvalue weighted by Crippen LogP contribution is 2.37. The zero-order valence-electron chi connectivity index (χ0n) is 9.58. The molecule has 0 aromatic heterocycles. The molecule has 1 heterocycles. The van der Waals surface area contributed by atoms with Crippen LogP contribution >= 0.6 is 15.9 Å². The Morgan fingerprint density at radius 2 is 2.12 bits per heavy atom. The molecule has 3 nitrogen and oxygen atoms in total. The second-order valence-electron chi connectivity index (χ2n) is 4.65. The molecule has 86 valence electrons. The van der Waals surface area contributed by atoms with Crippen molar-refractivity contribution in [3.63, 3.8) is 0 Å². The molecule has 0 N–H and O–H groups in total. The molecule has 16 heavy (non-hydrogen) atoms. The summed E-state index contributed by atoms with van der Waals surface area (Å²) >= 11 is 3.40. The van der Waals surface area contributed by atoms with Crippen LogP contribution in [0.5, 0.6) is 5.75 Å². The van der Waals surface area contributed by atoms with Gasteiger partial charge < -0.3 is 9.64 Å². The monoisotopic (exact) mass is 283 g/mol. The van der Waals surface area contributed by atoms with E-state index in [0.717, 1.165) is 15.9 Å². The Bertz CT molecular complexity index is 443. The summed E-state index contributed by atoms with van der Waals surface area (Å²) in [5.41, 5.74) is 0.332. The first-order valence-corrected chi connectivity index (χ1v) is 5.91. The molecule has 0 aliphatic carbocycles. The number of fused-ring (bicyclic) bond motifs is 1. The minimum Gasteiger partial charge on any atom is -0.490 e. The summed E-state index contributed by atoms with van der Waals surface area (Å²) in [4.78, 5) is 13.8. The predicted octanol–water partition coefficient (Wildman–Crippen LogP) is 2.83. The maximum Gasteiger partial charge on any atom is 0.235 e. The molecule has 0 saturated carbocycles. The number of rotatable bonds is 0. The zero-order chi connectivity index (χ0) is 11.9. The van der Waals surface area contributed by atoms with E-state index in [0.29, 0.717) is 6.61 Å². The third-order valence-electron chi connectivity index (χ3n) is 2.76. The lowest BCUT2D eigenvalue weighted by Gasteiger charge is -2.24. The molecule has 0 bridgehead atoms. The SMILES string of the molecule is CN1C(=O)C(C)(C)COc2cc(Br)ccc21. The molecule has 0 fully saturated rings. The van der Waals surface area contributed by atoms with Crippen LogP contribution in [0.25, 0.3) is 0 Å². The summed E-state index contributed by atoms with van der Waals surface area (Å²) in [6.07, 6.45) is 0. The van der Waals surface area contributed by atoms with E-state index in [9.17, 15) is 4.79 Å². The van der Waals surface area contributed by atoms with Crippen LogP contribution in [-0.2, 0) is 4.79 Å². The molecule has 0 unspecified atom stereocenters. The standard InChI is InChI=1S/C12H14BrNO2/c1-12(2)7-16-10-6-8(13)4-5-9(10)14(3)11(12)15/h4-6H,7H2,1-3H3. The van der Waals surface area contributed by atoms with Gasteiger partial charge in [0.2, 0.25) is 5.91 Å². The number of benzene rings is 1. The lowest BCUT2D eigenvalue weighted by Crippen LogP contribution is -2.39. The van der Waals surface area contributed by atoms with Crippen LogP contribution in [0.15, 0.2) is 22.7 Å². The largest absolute Gasteiger partial charge is 0.490 e. The number of ether oxygens (including phenoxy) is 1. The highest BCUT2D eigenvalue weighted by atomic mass is 79.9. The first-order valence-electron chi connectivity index (χ1n) is 5.12. The molecule has 4 heteroatoms. The Kier molecular flexibility index (Phi) is 2.70. The van der Waals surface area contributed by atoms with Gasteiger partial charge in [-0.25, -0.2) is 0 Å². The van der Waals surface area contributed by atoms with E-state index in [1.54, 1.807) is 11.9 Å². The molecule has 0 spiro atoms. The third-order valence-corrected chi connectivity index (χ3v) is 3.25. The van der Waals surface area contributed by atoms with E-state index in [1.807, 2.05) is 32.0 Å². The van der Waals surface area contributed by atoms with Gasteiger partial charge in [-0.3, -0.25) is 4.79 Å². The summed E-state index contributed by atoms with van der Waals surface area (Å²) < 4.78 is 6.64. The second kappa shape index (κ2) is 3.77. The molecule has 0 saturated heterocycles. The normalized spacial score (nSPS) is 18.8. The molecule has 1 amide bonds. The molecule has 2 rings (SSSR count). The van der Waals surface area contributed by atoms with Crippen LogP contribution in [0.1, 0.15) is 13.8 Å². The van der Waals surface area contributed by atoms with E-state index < -0.39 is 5.41 Å². The maximum absolute atomic E-state index is 12.1. The highest BCUT2D eigenvalue weighted by Gasteiger charge is 2.35. The van der Waals surface area contributed by atoms with Crippen molar-refractivity contribution in [3.8, 4) is 5.75 Å². The van der Waals surface area contributed by atoms with E-state index in [-0.39, 0.29) is 5.91 Å². The van der Waals surface area contributed by atoms with Crippen molar-refractivity contribution in [2.24, 2.45) is 5.41 Å². The molecule has 0 radical (unpaired) electrons. The number of amides is 1.